The molecule has 20 heavy (non-hydrogen) atoms. The number of likely N-dealkylation sites (tertiary alicyclic amines) is 1. The number of hydrogen-bond acceptors (Lipinski definition) is 2. The van der Waals surface area contributed by atoms with E-state index >= 15 is 0 Å². The summed E-state index contributed by atoms with van der Waals surface area (Å²) in [7, 11) is 0. The van der Waals surface area contributed by atoms with Crippen LogP contribution in [0.3, 0.4) is 0 Å². The lowest BCUT2D eigenvalue weighted by molar-refractivity contribution is 0.0965. The second-order valence-electron chi connectivity index (χ2n) is 6.22. The summed E-state index contributed by atoms with van der Waals surface area (Å²) in [6.07, 6.45) is 4.45. The molecule has 110 valence electrons. The summed E-state index contributed by atoms with van der Waals surface area (Å²) in [5.41, 5.74) is 2.49. The van der Waals surface area contributed by atoms with Gasteiger partial charge in [0.15, 0.2) is 5.78 Å². The number of benzene rings is 1. The summed E-state index contributed by atoms with van der Waals surface area (Å²) >= 11 is 0. The Balaban J connectivity index is 1.88. The van der Waals surface area contributed by atoms with Crippen LogP contribution >= 0.6 is 0 Å². The van der Waals surface area contributed by atoms with Gasteiger partial charge < -0.3 is 4.90 Å². The van der Waals surface area contributed by atoms with E-state index < -0.39 is 0 Å². The first-order chi connectivity index (χ1) is 9.60. The van der Waals surface area contributed by atoms with Crippen molar-refractivity contribution in [1.82, 2.24) is 4.90 Å². The number of carbonyl (C=O) groups excluding carboxylic acids is 1. The van der Waals surface area contributed by atoms with Crippen LogP contribution in [0.15, 0.2) is 24.3 Å². The van der Waals surface area contributed by atoms with Gasteiger partial charge in [-0.3, -0.25) is 4.79 Å². The SMILES string of the molecule is CCC1(CC)CCN(CCC(=O)c2ccccc2C)C1. The molecule has 1 heterocycles. The molecule has 2 nitrogen and oxygen atoms in total. The van der Waals surface area contributed by atoms with Gasteiger partial charge in [-0.05, 0) is 43.7 Å². The number of carbonyl (C=O) groups is 1. The van der Waals surface area contributed by atoms with Crippen LogP contribution in [0.5, 0.6) is 0 Å². The number of rotatable bonds is 6. The molecule has 0 bridgehead atoms. The maximum Gasteiger partial charge on any atom is 0.164 e. The molecular weight excluding hydrogens is 246 g/mol. The highest BCUT2D eigenvalue weighted by Gasteiger charge is 2.34. The van der Waals surface area contributed by atoms with E-state index in [1.54, 1.807) is 0 Å². The van der Waals surface area contributed by atoms with Gasteiger partial charge >= 0.3 is 0 Å². The van der Waals surface area contributed by atoms with Crippen molar-refractivity contribution in [2.45, 2.75) is 46.5 Å². The summed E-state index contributed by atoms with van der Waals surface area (Å²) in [5, 5.41) is 0. The van der Waals surface area contributed by atoms with Crippen molar-refractivity contribution in [3.05, 3.63) is 35.4 Å². The zero-order valence-electron chi connectivity index (χ0n) is 13.1. The van der Waals surface area contributed by atoms with Crippen LogP contribution in [0.25, 0.3) is 0 Å². The van der Waals surface area contributed by atoms with E-state index in [0.29, 0.717) is 11.8 Å². The van der Waals surface area contributed by atoms with Gasteiger partial charge in [-0.25, -0.2) is 0 Å². The summed E-state index contributed by atoms with van der Waals surface area (Å²) in [6.45, 7) is 9.85. The molecule has 1 fully saturated rings. The Labute approximate surface area is 123 Å². The average Bonchev–Trinajstić information content (AvgIpc) is 2.89. The molecule has 0 aromatic heterocycles. The lowest BCUT2D eigenvalue weighted by atomic mass is 9.82. The molecule has 0 saturated carbocycles. The fraction of sp³-hybridized carbons (Fsp3) is 0.611. The monoisotopic (exact) mass is 273 g/mol. The molecule has 2 heteroatoms. The van der Waals surface area contributed by atoms with Crippen LogP contribution in [-0.4, -0.2) is 30.3 Å². The van der Waals surface area contributed by atoms with E-state index in [0.717, 1.165) is 24.2 Å². The highest BCUT2D eigenvalue weighted by Crippen LogP contribution is 2.36. The van der Waals surface area contributed by atoms with E-state index in [1.807, 2.05) is 31.2 Å². The van der Waals surface area contributed by atoms with E-state index in [-0.39, 0.29) is 5.78 Å². The molecule has 1 saturated heterocycles. The lowest BCUT2D eigenvalue weighted by Gasteiger charge is -2.26. The van der Waals surface area contributed by atoms with Gasteiger partial charge in [-0.1, -0.05) is 38.1 Å². The van der Waals surface area contributed by atoms with Gasteiger partial charge in [0.05, 0.1) is 0 Å². The Kier molecular flexibility index (Phi) is 4.98. The normalized spacial score (nSPS) is 18.4. The minimum absolute atomic E-state index is 0.286. The van der Waals surface area contributed by atoms with E-state index in [2.05, 4.69) is 18.7 Å². The molecule has 0 N–H and O–H groups in total. The zero-order valence-corrected chi connectivity index (χ0v) is 13.1. The van der Waals surface area contributed by atoms with Crippen LogP contribution in [0, 0.1) is 12.3 Å². The standard InChI is InChI=1S/C18H27NO/c1-4-18(5-2)11-13-19(14-18)12-10-17(20)16-9-7-6-8-15(16)3/h6-9H,4-5,10-14H2,1-3H3. The number of nitrogens with zero attached hydrogens (tertiary/aromatic N) is 1. The molecule has 1 aliphatic heterocycles. The minimum Gasteiger partial charge on any atom is -0.302 e. The first kappa shape index (κ1) is 15.2. The number of Topliss-reactive ketones (excluding diaryl/α,β-unsaturated/α-hetero) is 1. The molecule has 0 spiro atoms. The van der Waals surface area contributed by atoms with Crippen LogP contribution in [0.4, 0.5) is 0 Å². The Bertz CT molecular complexity index is 462. The fourth-order valence-electron chi connectivity index (χ4n) is 3.33. The van der Waals surface area contributed by atoms with E-state index in [1.165, 1.54) is 25.8 Å². The Morgan fingerprint density at radius 1 is 1.25 bits per heavy atom. The number of aryl methyl sites for hydroxylation is 1. The van der Waals surface area contributed by atoms with Crippen molar-refractivity contribution in [2.24, 2.45) is 5.41 Å². The highest BCUT2D eigenvalue weighted by atomic mass is 16.1. The van der Waals surface area contributed by atoms with Crippen molar-refractivity contribution in [1.29, 1.82) is 0 Å². The van der Waals surface area contributed by atoms with Gasteiger partial charge in [0, 0.05) is 25.1 Å². The van der Waals surface area contributed by atoms with Crippen molar-refractivity contribution < 1.29 is 4.79 Å². The van der Waals surface area contributed by atoms with E-state index in [4.69, 9.17) is 0 Å². The molecule has 0 unspecified atom stereocenters. The van der Waals surface area contributed by atoms with Crippen LogP contribution < -0.4 is 0 Å². The quantitative estimate of drug-likeness (QED) is 0.728. The molecule has 1 aromatic carbocycles. The van der Waals surface area contributed by atoms with Gasteiger partial charge in [0.2, 0.25) is 0 Å². The third kappa shape index (κ3) is 3.29. The molecule has 1 aromatic rings. The molecule has 2 rings (SSSR count). The molecule has 0 atom stereocenters. The molecule has 0 radical (unpaired) electrons. The Morgan fingerprint density at radius 3 is 2.55 bits per heavy atom. The largest absolute Gasteiger partial charge is 0.302 e. The van der Waals surface area contributed by atoms with Gasteiger partial charge in [0.1, 0.15) is 0 Å². The van der Waals surface area contributed by atoms with Crippen molar-refractivity contribution in [3.8, 4) is 0 Å². The summed E-state index contributed by atoms with van der Waals surface area (Å²) in [5.74, 6) is 0.286. The predicted octanol–water partition coefficient (Wildman–Crippen LogP) is 4.08. The van der Waals surface area contributed by atoms with Crippen molar-refractivity contribution in [3.63, 3.8) is 0 Å². The predicted molar refractivity (Wildman–Crippen MR) is 84.2 cm³/mol. The Morgan fingerprint density at radius 2 is 1.95 bits per heavy atom. The summed E-state index contributed by atoms with van der Waals surface area (Å²) in [4.78, 5) is 14.8. The van der Waals surface area contributed by atoms with Gasteiger partial charge in [-0.2, -0.15) is 0 Å². The maximum absolute atomic E-state index is 12.3. The third-order valence-electron chi connectivity index (χ3n) is 5.12. The second kappa shape index (κ2) is 6.53. The average molecular weight is 273 g/mol. The lowest BCUT2D eigenvalue weighted by Crippen LogP contribution is -2.28. The van der Waals surface area contributed by atoms with Crippen molar-refractivity contribution >= 4 is 5.78 Å². The van der Waals surface area contributed by atoms with Crippen molar-refractivity contribution in [2.75, 3.05) is 19.6 Å². The second-order valence-corrected chi connectivity index (χ2v) is 6.22. The van der Waals surface area contributed by atoms with Crippen LogP contribution in [0.1, 0.15) is 55.5 Å². The molecule has 0 amide bonds. The molecular formula is C18H27NO. The smallest absolute Gasteiger partial charge is 0.164 e. The van der Waals surface area contributed by atoms with Gasteiger partial charge in [0.25, 0.3) is 0 Å². The summed E-state index contributed by atoms with van der Waals surface area (Å²) < 4.78 is 0. The van der Waals surface area contributed by atoms with E-state index in [9.17, 15) is 4.79 Å². The molecule has 1 aliphatic rings. The maximum atomic E-state index is 12.3. The number of hydrogen-bond donors (Lipinski definition) is 0. The Hall–Kier alpha value is -1.15. The molecule has 0 aliphatic carbocycles. The third-order valence-corrected chi connectivity index (χ3v) is 5.12. The first-order valence-corrected chi connectivity index (χ1v) is 7.91. The zero-order chi connectivity index (χ0) is 14.6. The first-order valence-electron chi connectivity index (χ1n) is 7.91. The minimum atomic E-state index is 0.286. The van der Waals surface area contributed by atoms with Crippen LogP contribution in [0.2, 0.25) is 0 Å². The van der Waals surface area contributed by atoms with Gasteiger partial charge in [-0.15, -0.1) is 0 Å². The van der Waals surface area contributed by atoms with Crippen LogP contribution in [-0.2, 0) is 0 Å². The highest BCUT2D eigenvalue weighted by molar-refractivity contribution is 5.97. The fourth-order valence-corrected chi connectivity index (χ4v) is 3.33. The topological polar surface area (TPSA) is 20.3 Å². The number of ketones is 1. The summed E-state index contributed by atoms with van der Waals surface area (Å²) in [6, 6.07) is 7.91.